The fourth-order valence-electron chi connectivity index (χ4n) is 2.70. The van der Waals surface area contributed by atoms with Gasteiger partial charge in [0, 0.05) is 14.6 Å². The van der Waals surface area contributed by atoms with Gasteiger partial charge in [-0.1, -0.05) is 30.9 Å². The van der Waals surface area contributed by atoms with Gasteiger partial charge >= 0.3 is 0 Å². The first-order valence-corrected chi connectivity index (χ1v) is 7.59. The SMILES string of the molecule is NNC(c1cc(Cl)ccc1I)C1CCCCC1. The number of rotatable bonds is 3. The number of hydrazine groups is 1. The molecule has 1 unspecified atom stereocenters. The molecule has 0 bridgehead atoms. The van der Waals surface area contributed by atoms with Crippen molar-refractivity contribution in [1.29, 1.82) is 0 Å². The van der Waals surface area contributed by atoms with Gasteiger partial charge in [-0.15, -0.1) is 0 Å². The molecule has 2 rings (SSSR count). The number of benzene rings is 1. The number of nitrogens with one attached hydrogen (secondary N) is 1. The average molecular weight is 365 g/mol. The van der Waals surface area contributed by atoms with Gasteiger partial charge in [0.25, 0.3) is 0 Å². The highest BCUT2D eigenvalue weighted by atomic mass is 127. The van der Waals surface area contributed by atoms with Crippen molar-refractivity contribution in [2.75, 3.05) is 0 Å². The standard InChI is InChI=1S/C13H18ClIN2/c14-10-6-7-12(15)11(8-10)13(17-16)9-4-2-1-3-5-9/h6-9,13,17H,1-5,16H2. The maximum absolute atomic E-state index is 6.08. The van der Waals surface area contributed by atoms with E-state index in [2.05, 4.69) is 34.1 Å². The molecule has 4 heteroatoms. The molecule has 0 spiro atoms. The van der Waals surface area contributed by atoms with E-state index in [0.29, 0.717) is 5.92 Å². The Kier molecular flexibility index (Phi) is 5.09. The van der Waals surface area contributed by atoms with Crippen LogP contribution in [0.1, 0.15) is 43.7 Å². The lowest BCUT2D eigenvalue weighted by Gasteiger charge is -2.30. The molecule has 94 valence electrons. The number of nitrogens with two attached hydrogens (primary N) is 1. The van der Waals surface area contributed by atoms with Crippen LogP contribution in [0.5, 0.6) is 0 Å². The molecule has 0 saturated heterocycles. The molecule has 0 aliphatic heterocycles. The zero-order chi connectivity index (χ0) is 12.3. The van der Waals surface area contributed by atoms with Crippen molar-refractivity contribution >= 4 is 34.2 Å². The third-order valence-electron chi connectivity index (χ3n) is 3.59. The van der Waals surface area contributed by atoms with Crippen LogP contribution in [0.25, 0.3) is 0 Å². The first kappa shape index (κ1) is 13.6. The van der Waals surface area contributed by atoms with Crippen molar-refractivity contribution < 1.29 is 0 Å². The summed E-state index contributed by atoms with van der Waals surface area (Å²) >= 11 is 8.44. The monoisotopic (exact) mass is 364 g/mol. The zero-order valence-electron chi connectivity index (χ0n) is 9.76. The van der Waals surface area contributed by atoms with Crippen LogP contribution in [0, 0.1) is 9.49 Å². The summed E-state index contributed by atoms with van der Waals surface area (Å²) in [6.45, 7) is 0. The van der Waals surface area contributed by atoms with Gasteiger partial charge in [0.2, 0.25) is 0 Å². The van der Waals surface area contributed by atoms with Crippen molar-refractivity contribution in [3.63, 3.8) is 0 Å². The minimum absolute atomic E-state index is 0.237. The van der Waals surface area contributed by atoms with Crippen LogP contribution >= 0.6 is 34.2 Å². The Morgan fingerprint density at radius 3 is 2.65 bits per heavy atom. The summed E-state index contributed by atoms with van der Waals surface area (Å²) in [4.78, 5) is 0. The minimum atomic E-state index is 0.237. The third-order valence-corrected chi connectivity index (χ3v) is 4.81. The molecule has 1 aromatic carbocycles. The van der Waals surface area contributed by atoms with E-state index in [1.165, 1.54) is 41.2 Å². The summed E-state index contributed by atoms with van der Waals surface area (Å²) in [5.41, 5.74) is 4.24. The zero-order valence-corrected chi connectivity index (χ0v) is 12.7. The molecule has 0 aromatic heterocycles. The predicted molar refractivity (Wildman–Crippen MR) is 80.8 cm³/mol. The molecule has 1 saturated carbocycles. The molecule has 2 nitrogen and oxygen atoms in total. The van der Waals surface area contributed by atoms with Crippen molar-refractivity contribution in [3.8, 4) is 0 Å². The molecule has 0 heterocycles. The van der Waals surface area contributed by atoms with Gasteiger partial charge < -0.3 is 0 Å². The lowest BCUT2D eigenvalue weighted by Crippen LogP contribution is -2.35. The highest BCUT2D eigenvalue weighted by Crippen LogP contribution is 2.36. The molecular formula is C13H18ClIN2. The van der Waals surface area contributed by atoms with Crippen LogP contribution < -0.4 is 11.3 Å². The fourth-order valence-corrected chi connectivity index (χ4v) is 3.55. The Morgan fingerprint density at radius 1 is 1.29 bits per heavy atom. The van der Waals surface area contributed by atoms with Crippen molar-refractivity contribution in [3.05, 3.63) is 32.4 Å². The summed E-state index contributed by atoms with van der Waals surface area (Å²) < 4.78 is 1.24. The lowest BCUT2D eigenvalue weighted by atomic mass is 9.81. The van der Waals surface area contributed by atoms with Crippen LogP contribution in [0.3, 0.4) is 0 Å². The normalized spacial score (nSPS) is 19.2. The van der Waals surface area contributed by atoms with E-state index in [1.807, 2.05) is 12.1 Å². The van der Waals surface area contributed by atoms with Gasteiger partial charge in [0.05, 0.1) is 0 Å². The van der Waals surface area contributed by atoms with E-state index in [9.17, 15) is 0 Å². The van der Waals surface area contributed by atoms with Gasteiger partial charge in [-0.25, -0.2) is 0 Å². The highest BCUT2D eigenvalue weighted by molar-refractivity contribution is 14.1. The molecule has 1 aliphatic rings. The van der Waals surface area contributed by atoms with E-state index in [0.717, 1.165) is 5.02 Å². The Balaban J connectivity index is 2.24. The number of halogens is 2. The second kappa shape index (κ2) is 6.36. The largest absolute Gasteiger partial charge is 0.271 e. The quantitative estimate of drug-likeness (QED) is 0.483. The Morgan fingerprint density at radius 2 is 2.00 bits per heavy atom. The lowest BCUT2D eigenvalue weighted by molar-refractivity contribution is 0.273. The fraction of sp³-hybridized carbons (Fsp3) is 0.538. The first-order chi connectivity index (χ1) is 8.22. The van der Waals surface area contributed by atoms with Gasteiger partial charge in [-0.2, -0.15) is 0 Å². The molecule has 17 heavy (non-hydrogen) atoms. The summed E-state index contributed by atoms with van der Waals surface area (Å²) in [5, 5.41) is 0.788. The van der Waals surface area contributed by atoms with Crippen LogP contribution in [-0.4, -0.2) is 0 Å². The second-order valence-corrected chi connectivity index (χ2v) is 6.31. The van der Waals surface area contributed by atoms with Crippen LogP contribution in [-0.2, 0) is 0 Å². The van der Waals surface area contributed by atoms with Crippen molar-refractivity contribution in [2.24, 2.45) is 11.8 Å². The van der Waals surface area contributed by atoms with Crippen LogP contribution in [0.15, 0.2) is 18.2 Å². The molecule has 0 radical (unpaired) electrons. The van der Waals surface area contributed by atoms with Gasteiger partial charge in [0.15, 0.2) is 0 Å². The summed E-state index contributed by atoms with van der Waals surface area (Å²) in [6, 6.07) is 6.27. The Bertz CT molecular complexity index is 378. The Hall–Kier alpha value is 0.160. The first-order valence-electron chi connectivity index (χ1n) is 6.13. The van der Waals surface area contributed by atoms with Crippen molar-refractivity contribution in [1.82, 2.24) is 5.43 Å². The average Bonchev–Trinajstić information content (AvgIpc) is 2.36. The van der Waals surface area contributed by atoms with E-state index >= 15 is 0 Å². The Labute approximate surface area is 121 Å². The van der Waals surface area contributed by atoms with Crippen LogP contribution in [0.4, 0.5) is 0 Å². The van der Waals surface area contributed by atoms with Crippen molar-refractivity contribution in [2.45, 2.75) is 38.1 Å². The maximum atomic E-state index is 6.08. The smallest absolute Gasteiger partial charge is 0.0499 e. The van der Waals surface area contributed by atoms with Crippen LogP contribution in [0.2, 0.25) is 5.02 Å². The third kappa shape index (κ3) is 3.34. The number of hydrogen-bond donors (Lipinski definition) is 2. The summed E-state index contributed by atoms with van der Waals surface area (Å²) in [6.07, 6.45) is 6.52. The van der Waals surface area contributed by atoms with E-state index in [-0.39, 0.29) is 6.04 Å². The predicted octanol–water partition coefficient (Wildman–Crippen LogP) is 4.03. The van der Waals surface area contributed by atoms with E-state index in [4.69, 9.17) is 17.4 Å². The molecule has 1 fully saturated rings. The topological polar surface area (TPSA) is 38.0 Å². The summed E-state index contributed by atoms with van der Waals surface area (Å²) in [5.74, 6) is 6.40. The highest BCUT2D eigenvalue weighted by Gasteiger charge is 2.25. The minimum Gasteiger partial charge on any atom is -0.271 e. The van der Waals surface area contributed by atoms with E-state index < -0.39 is 0 Å². The molecule has 1 atom stereocenters. The van der Waals surface area contributed by atoms with Gasteiger partial charge in [0.1, 0.15) is 0 Å². The second-order valence-electron chi connectivity index (χ2n) is 4.71. The number of hydrogen-bond acceptors (Lipinski definition) is 2. The molecule has 0 amide bonds. The van der Waals surface area contributed by atoms with Gasteiger partial charge in [-0.05, 0) is 65.1 Å². The van der Waals surface area contributed by atoms with Gasteiger partial charge in [-0.3, -0.25) is 11.3 Å². The molecular weight excluding hydrogens is 347 g/mol. The summed E-state index contributed by atoms with van der Waals surface area (Å²) in [7, 11) is 0. The molecule has 3 N–H and O–H groups in total. The molecule has 1 aliphatic carbocycles. The molecule has 1 aromatic rings. The van der Waals surface area contributed by atoms with E-state index in [1.54, 1.807) is 0 Å². The maximum Gasteiger partial charge on any atom is 0.0499 e.